The van der Waals surface area contributed by atoms with Crippen molar-refractivity contribution in [1.82, 2.24) is 5.32 Å². The van der Waals surface area contributed by atoms with E-state index in [-0.39, 0.29) is 18.3 Å². The van der Waals surface area contributed by atoms with Crippen LogP contribution in [-0.2, 0) is 10.2 Å². The quantitative estimate of drug-likeness (QED) is 0.863. The molecule has 3 nitrogen and oxygen atoms in total. The van der Waals surface area contributed by atoms with Crippen molar-refractivity contribution in [2.75, 3.05) is 13.1 Å². The van der Waals surface area contributed by atoms with Gasteiger partial charge in [0.05, 0.1) is 5.41 Å². The van der Waals surface area contributed by atoms with Crippen molar-refractivity contribution in [3.63, 3.8) is 0 Å². The van der Waals surface area contributed by atoms with E-state index in [0.29, 0.717) is 13.1 Å². The van der Waals surface area contributed by atoms with Crippen molar-refractivity contribution < 1.29 is 4.79 Å². The van der Waals surface area contributed by atoms with Crippen LogP contribution < -0.4 is 11.1 Å². The van der Waals surface area contributed by atoms with Gasteiger partial charge in [-0.05, 0) is 31.9 Å². The molecule has 4 heteroatoms. The van der Waals surface area contributed by atoms with Gasteiger partial charge in [-0.15, -0.1) is 12.4 Å². The van der Waals surface area contributed by atoms with Crippen LogP contribution in [0.5, 0.6) is 0 Å². The summed E-state index contributed by atoms with van der Waals surface area (Å²) >= 11 is 0. The Labute approximate surface area is 109 Å². The van der Waals surface area contributed by atoms with Crippen molar-refractivity contribution in [2.24, 2.45) is 5.73 Å². The summed E-state index contributed by atoms with van der Waals surface area (Å²) in [6.07, 6.45) is 0. The van der Waals surface area contributed by atoms with Crippen molar-refractivity contribution in [1.29, 1.82) is 0 Å². The number of benzene rings is 1. The van der Waals surface area contributed by atoms with E-state index in [9.17, 15) is 4.79 Å². The molecule has 3 N–H and O–H groups in total. The van der Waals surface area contributed by atoms with Crippen LogP contribution in [0.4, 0.5) is 0 Å². The third kappa shape index (κ3) is 3.72. The predicted octanol–water partition coefficient (Wildman–Crippen LogP) is 1.77. The second kappa shape index (κ2) is 6.62. The highest BCUT2D eigenvalue weighted by Gasteiger charge is 2.30. The van der Waals surface area contributed by atoms with E-state index < -0.39 is 5.41 Å². The Morgan fingerprint density at radius 2 is 1.94 bits per heavy atom. The summed E-state index contributed by atoms with van der Waals surface area (Å²) in [5.41, 5.74) is 7.05. The van der Waals surface area contributed by atoms with Crippen LogP contribution in [0.3, 0.4) is 0 Å². The average molecular weight is 257 g/mol. The van der Waals surface area contributed by atoms with E-state index in [4.69, 9.17) is 5.73 Å². The summed E-state index contributed by atoms with van der Waals surface area (Å²) < 4.78 is 0. The minimum Gasteiger partial charge on any atom is -0.354 e. The third-order valence-corrected chi connectivity index (χ3v) is 2.82. The molecule has 0 aliphatic rings. The number of amides is 1. The van der Waals surface area contributed by atoms with Crippen LogP contribution in [0.15, 0.2) is 24.3 Å². The number of nitrogens with one attached hydrogen (secondary N) is 1. The number of hydrogen-bond donors (Lipinski definition) is 2. The molecule has 1 aromatic carbocycles. The molecule has 0 heterocycles. The number of nitrogens with two attached hydrogens (primary N) is 1. The van der Waals surface area contributed by atoms with Crippen molar-refractivity contribution in [2.45, 2.75) is 26.2 Å². The Kier molecular flexibility index (Phi) is 6.21. The van der Waals surface area contributed by atoms with E-state index in [1.54, 1.807) is 0 Å². The molecule has 1 rings (SSSR count). The van der Waals surface area contributed by atoms with Crippen LogP contribution in [0.25, 0.3) is 0 Å². The second-order valence-corrected chi connectivity index (χ2v) is 4.48. The summed E-state index contributed by atoms with van der Waals surface area (Å²) in [5.74, 6) is 0.0206. The first-order valence-electron chi connectivity index (χ1n) is 5.54. The van der Waals surface area contributed by atoms with Crippen LogP contribution in [-0.4, -0.2) is 19.0 Å². The molecule has 0 aromatic heterocycles. The molecule has 0 spiro atoms. The zero-order chi connectivity index (χ0) is 12.2. The number of carbonyl (C=O) groups is 1. The van der Waals surface area contributed by atoms with Gasteiger partial charge in [0.25, 0.3) is 0 Å². The van der Waals surface area contributed by atoms with Gasteiger partial charge in [0, 0.05) is 13.1 Å². The van der Waals surface area contributed by atoms with Gasteiger partial charge < -0.3 is 11.1 Å². The molecule has 0 aliphatic heterocycles. The number of carbonyl (C=O) groups excluding carboxylic acids is 1. The van der Waals surface area contributed by atoms with Gasteiger partial charge in [0.2, 0.25) is 5.91 Å². The highest BCUT2D eigenvalue weighted by molar-refractivity contribution is 5.87. The number of rotatable bonds is 4. The lowest BCUT2D eigenvalue weighted by atomic mass is 9.81. The van der Waals surface area contributed by atoms with Gasteiger partial charge in [-0.1, -0.05) is 24.3 Å². The molecule has 0 saturated heterocycles. The maximum absolute atomic E-state index is 12.0. The minimum atomic E-state index is -0.513. The molecule has 0 bridgehead atoms. The lowest BCUT2D eigenvalue weighted by Crippen LogP contribution is -2.42. The maximum atomic E-state index is 12.0. The molecular formula is C13H21ClN2O. The molecular weight excluding hydrogens is 236 g/mol. The van der Waals surface area contributed by atoms with Crippen molar-refractivity contribution >= 4 is 18.3 Å². The smallest absolute Gasteiger partial charge is 0.230 e. The lowest BCUT2D eigenvalue weighted by Gasteiger charge is -2.25. The Hall–Kier alpha value is -1.06. The maximum Gasteiger partial charge on any atom is 0.230 e. The van der Waals surface area contributed by atoms with E-state index in [1.165, 1.54) is 0 Å². The minimum absolute atomic E-state index is 0. The second-order valence-electron chi connectivity index (χ2n) is 4.48. The Morgan fingerprint density at radius 3 is 2.47 bits per heavy atom. The fourth-order valence-corrected chi connectivity index (χ4v) is 1.80. The molecule has 0 aliphatic carbocycles. The monoisotopic (exact) mass is 256 g/mol. The fraction of sp³-hybridized carbons (Fsp3) is 0.462. The average Bonchev–Trinajstić information content (AvgIpc) is 2.26. The zero-order valence-electron chi connectivity index (χ0n) is 10.6. The number of hydrogen-bond acceptors (Lipinski definition) is 2. The van der Waals surface area contributed by atoms with Crippen LogP contribution in [0, 0.1) is 6.92 Å². The molecule has 1 amide bonds. The lowest BCUT2D eigenvalue weighted by molar-refractivity contribution is -0.125. The summed E-state index contributed by atoms with van der Waals surface area (Å²) in [6.45, 7) is 6.87. The van der Waals surface area contributed by atoms with Crippen LogP contribution in [0.2, 0.25) is 0 Å². The molecule has 17 heavy (non-hydrogen) atoms. The van der Waals surface area contributed by atoms with E-state index in [0.717, 1.165) is 11.1 Å². The van der Waals surface area contributed by atoms with Crippen molar-refractivity contribution in [3.05, 3.63) is 35.4 Å². The van der Waals surface area contributed by atoms with E-state index in [2.05, 4.69) is 5.32 Å². The molecule has 0 atom stereocenters. The summed E-state index contributed by atoms with van der Waals surface area (Å²) in [4.78, 5) is 12.0. The molecule has 0 unspecified atom stereocenters. The van der Waals surface area contributed by atoms with Gasteiger partial charge in [-0.2, -0.15) is 0 Å². The van der Waals surface area contributed by atoms with Gasteiger partial charge in [0.1, 0.15) is 0 Å². The largest absolute Gasteiger partial charge is 0.354 e. The normalized spacial score (nSPS) is 10.6. The summed E-state index contributed by atoms with van der Waals surface area (Å²) in [6, 6.07) is 7.96. The molecule has 0 radical (unpaired) electrons. The topological polar surface area (TPSA) is 55.1 Å². The highest BCUT2D eigenvalue weighted by Crippen LogP contribution is 2.26. The van der Waals surface area contributed by atoms with Gasteiger partial charge in [-0.3, -0.25) is 4.79 Å². The van der Waals surface area contributed by atoms with Gasteiger partial charge in [0.15, 0.2) is 0 Å². The third-order valence-electron chi connectivity index (χ3n) is 2.82. The standard InChI is InChI=1S/C13H20N2O.ClH/c1-10-6-4-5-7-11(10)13(2,3)12(16)15-9-8-14;/h4-7H,8-9,14H2,1-3H3,(H,15,16);1H. The molecule has 0 saturated carbocycles. The first-order valence-corrected chi connectivity index (χ1v) is 5.54. The van der Waals surface area contributed by atoms with E-state index >= 15 is 0 Å². The molecule has 96 valence electrons. The SMILES string of the molecule is Cc1ccccc1C(C)(C)C(=O)NCCN.Cl. The Bertz CT molecular complexity index is 377. The molecule has 1 aromatic rings. The van der Waals surface area contributed by atoms with Crippen molar-refractivity contribution in [3.8, 4) is 0 Å². The first-order chi connectivity index (χ1) is 7.50. The van der Waals surface area contributed by atoms with Crippen LogP contribution in [0.1, 0.15) is 25.0 Å². The highest BCUT2D eigenvalue weighted by atomic mass is 35.5. The Morgan fingerprint density at radius 1 is 1.35 bits per heavy atom. The fourth-order valence-electron chi connectivity index (χ4n) is 1.80. The summed E-state index contributed by atoms with van der Waals surface area (Å²) in [7, 11) is 0. The summed E-state index contributed by atoms with van der Waals surface area (Å²) in [5, 5.41) is 2.83. The van der Waals surface area contributed by atoms with Crippen LogP contribution >= 0.6 is 12.4 Å². The molecule has 0 fully saturated rings. The van der Waals surface area contributed by atoms with Gasteiger partial charge >= 0.3 is 0 Å². The predicted molar refractivity (Wildman–Crippen MR) is 73.5 cm³/mol. The first kappa shape index (κ1) is 15.9. The number of aryl methyl sites for hydroxylation is 1. The van der Waals surface area contributed by atoms with E-state index in [1.807, 2.05) is 45.0 Å². The zero-order valence-corrected chi connectivity index (χ0v) is 11.4. The van der Waals surface area contributed by atoms with Gasteiger partial charge in [-0.25, -0.2) is 0 Å². The number of halogens is 1. The Balaban J connectivity index is 0.00000256.